The Morgan fingerprint density at radius 2 is 1.85 bits per heavy atom. The lowest BCUT2D eigenvalue weighted by Gasteiger charge is -2.34. The molecule has 1 aliphatic carbocycles. The maximum Gasteiger partial charge on any atom is 0.329 e. The molecule has 0 saturated heterocycles. The highest BCUT2D eigenvalue weighted by atomic mass is 16.4. The Bertz CT molecular complexity index is 636. The summed E-state index contributed by atoms with van der Waals surface area (Å²) in [5, 5.41) is 18.6. The number of rotatable bonds is 3. The molecule has 104 valence electrons. The minimum absolute atomic E-state index is 0.179. The van der Waals surface area contributed by atoms with Crippen LogP contribution in [-0.4, -0.2) is 27.7 Å². The average Bonchev–Trinajstić information content (AvgIpc) is 2.39. The Morgan fingerprint density at radius 3 is 2.40 bits per heavy atom. The zero-order chi connectivity index (χ0) is 14.9. The molecular weight excluding hydrogens is 260 g/mol. The number of hydrogen-bond acceptors (Lipinski definition) is 4. The SMILES string of the molecule is Nc1ccccc1C1=CC=CC(C(=O)O)C1(N)C(=O)O. The molecule has 0 heterocycles. The minimum atomic E-state index is -2.06. The molecule has 2 atom stereocenters. The van der Waals surface area contributed by atoms with Gasteiger partial charge in [0.2, 0.25) is 0 Å². The lowest BCUT2D eigenvalue weighted by molar-refractivity contribution is -0.150. The fourth-order valence-corrected chi connectivity index (χ4v) is 2.30. The van der Waals surface area contributed by atoms with E-state index in [9.17, 15) is 19.8 Å². The van der Waals surface area contributed by atoms with Gasteiger partial charge < -0.3 is 21.7 Å². The summed E-state index contributed by atoms with van der Waals surface area (Å²) in [6, 6.07) is 6.60. The van der Waals surface area contributed by atoms with Gasteiger partial charge >= 0.3 is 11.9 Å². The van der Waals surface area contributed by atoms with Gasteiger partial charge in [-0.05, 0) is 11.6 Å². The summed E-state index contributed by atoms with van der Waals surface area (Å²) < 4.78 is 0. The minimum Gasteiger partial charge on any atom is -0.481 e. The van der Waals surface area contributed by atoms with Gasteiger partial charge in [0.05, 0.1) is 0 Å². The van der Waals surface area contributed by atoms with Crippen molar-refractivity contribution in [3.8, 4) is 0 Å². The van der Waals surface area contributed by atoms with Gasteiger partial charge in [0, 0.05) is 11.3 Å². The second kappa shape index (κ2) is 4.82. The highest BCUT2D eigenvalue weighted by Crippen LogP contribution is 2.38. The van der Waals surface area contributed by atoms with Crippen LogP contribution in [0.1, 0.15) is 5.56 Å². The third-order valence-corrected chi connectivity index (χ3v) is 3.37. The van der Waals surface area contributed by atoms with Crippen molar-refractivity contribution in [3.05, 3.63) is 48.1 Å². The predicted octanol–water partition coefficient (Wildman–Crippen LogP) is 0.705. The number of carbonyl (C=O) groups is 2. The maximum atomic E-state index is 11.6. The van der Waals surface area contributed by atoms with Gasteiger partial charge in [-0.15, -0.1) is 0 Å². The number of benzene rings is 1. The van der Waals surface area contributed by atoms with Crippen molar-refractivity contribution < 1.29 is 19.8 Å². The number of anilines is 1. The molecule has 0 aliphatic heterocycles. The topological polar surface area (TPSA) is 127 Å². The fourth-order valence-electron chi connectivity index (χ4n) is 2.30. The molecule has 0 amide bonds. The van der Waals surface area contributed by atoms with E-state index in [1.165, 1.54) is 18.2 Å². The van der Waals surface area contributed by atoms with E-state index < -0.39 is 23.4 Å². The number of hydrogen-bond donors (Lipinski definition) is 4. The molecule has 0 fully saturated rings. The number of carboxylic acids is 2. The Labute approximate surface area is 115 Å². The second-order valence-corrected chi connectivity index (χ2v) is 4.54. The van der Waals surface area contributed by atoms with Gasteiger partial charge in [0.1, 0.15) is 5.92 Å². The van der Waals surface area contributed by atoms with Crippen LogP contribution in [0.2, 0.25) is 0 Å². The molecule has 6 N–H and O–H groups in total. The van der Waals surface area contributed by atoms with Gasteiger partial charge in [-0.3, -0.25) is 4.79 Å². The predicted molar refractivity (Wildman–Crippen MR) is 73.7 cm³/mol. The van der Waals surface area contributed by atoms with E-state index in [-0.39, 0.29) is 5.57 Å². The largest absolute Gasteiger partial charge is 0.481 e. The maximum absolute atomic E-state index is 11.6. The molecular formula is C14H14N2O4. The first-order valence-corrected chi connectivity index (χ1v) is 5.88. The molecule has 1 aromatic carbocycles. The Morgan fingerprint density at radius 1 is 1.20 bits per heavy atom. The third kappa shape index (κ3) is 1.96. The molecule has 20 heavy (non-hydrogen) atoms. The van der Waals surface area contributed by atoms with Crippen molar-refractivity contribution in [3.63, 3.8) is 0 Å². The number of allylic oxidation sites excluding steroid dienone is 2. The highest BCUT2D eigenvalue weighted by Gasteiger charge is 2.50. The van der Waals surface area contributed by atoms with Crippen molar-refractivity contribution in [2.75, 3.05) is 5.73 Å². The number of nitrogens with two attached hydrogens (primary N) is 2. The zero-order valence-electron chi connectivity index (χ0n) is 10.5. The molecule has 6 nitrogen and oxygen atoms in total. The van der Waals surface area contributed by atoms with Gasteiger partial charge in [-0.2, -0.15) is 0 Å². The first-order valence-electron chi connectivity index (χ1n) is 5.88. The number of nitrogen functional groups attached to an aromatic ring is 1. The van der Waals surface area contributed by atoms with E-state index in [4.69, 9.17) is 11.5 Å². The summed E-state index contributed by atoms with van der Waals surface area (Å²) in [4.78, 5) is 22.9. The number of para-hydroxylation sites is 1. The molecule has 2 unspecified atom stereocenters. The van der Waals surface area contributed by atoms with Crippen LogP contribution in [-0.2, 0) is 9.59 Å². The normalized spacial score (nSPS) is 25.1. The van der Waals surface area contributed by atoms with Crippen LogP contribution >= 0.6 is 0 Å². The Kier molecular flexibility index (Phi) is 3.33. The summed E-state index contributed by atoms with van der Waals surface area (Å²) in [5.41, 5.74) is 10.7. The van der Waals surface area contributed by atoms with E-state index in [1.54, 1.807) is 24.3 Å². The lowest BCUT2D eigenvalue weighted by Crippen LogP contribution is -2.57. The molecule has 0 aromatic heterocycles. The molecule has 0 bridgehead atoms. The van der Waals surface area contributed by atoms with Crippen LogP contribution in [0.5, 0.6) is 0 Å². The van der Waals surface area contributed by atoms with Crippen molar-refractivity contribution in [1.29, 1.82) is 0 Å². The first kappa shape index (κ1) is 13.8. The van der Waals surface area contributed by atoms with E-state index in [2.05, 4.69) is 0 Å². The van der Waals surface area contributed by atoms with Gasteiger partial charge in [-0.1, -0.05) is 36.4 Å². The van der Waals surface area contributed by atoms with Crippen molar-refractivity contribution in [2.45, 2.75) is 5.54 Å². The standard InChI is InChI=1S/C14H14N2O4/c15-11-7-2-1-4-8(11)9-5-3-6-10(12(17)18)14(9,16)13(19)20/h1-7,10H,15-16H2,(H,17,18)(H,19,20). The summed E-state index contributed by atoms with van der Waals surface area (Å²) >= 11 is 0. The van der Waals surface area contributed by atoms with Crippen LogP contribution in [0.25, 0.3) is 5.57 Å². The van der Waals surface area contributed by atoms with E-state index in [0.29, 0.717) is 11.3 Å². The Balaban J connectivity index is 2.65. The molecule has 0 saturated carbocycles. The molecule has 0 radical (unpaired) electrons. The van der Waals surface area contributed by atoms with Crippen LogP contribution in [0, 0.1) is 5.92 Å². The van der Waals surface area contributed by atoms with Crippen LogP contribution in [0.15, 0.2) is 42.5 Å². The number of aliphatic carboxylic acids is 2. The number of carboxylic acid groups (broad SMARTS) is 2. The summed E-state index contributed by atoms with van der Waals surface area (Å²) in [6.45, 7) is 0. The zero-order valence-corrected chi connectivity index (χ0v) is 10.5. The summed E-state index contributed by atoms with van der Waals surface area (Å²) in [5.74, 6) is -4.07. The molecule has 2 rings (SSSR count). The van der Waals surface area contributed by atoms with Gasteiger partial charge in [-0.25, -0.2) is 4.79 Å². The van der Waals surface area contributed by atoms with Crippen LogP contribution in [0.4, 0.5) is 5.69 Å². The summed E-state index contributed by atoms with van der Waals surface area (Å²) in [7, 11) is 0. The van der Waals surface area contributed by atoms with E-state index >= 15 is 0 Å². The van der Waals surface area contributed by atoms with Gasteiger partial charge in [0.25, 0.3) is 0 Å². The van der Waals surface area contributed by atoms with E-state index in [0.717, 1.165) is 0 Å². The third-order valence-electron chi connectivity index (χ3n) is 3.37. The average molecular weight is 274 g/mol. The van der Waals surface area contributed by atoms with Gasteiger partial charge in [0.15, 0.2) is 5.54 Å². The molecule has 0 spiro atoms. The monoisotopic (exact) mass is 274 g/mol. The second-order valence-electron chi connectivity index (χ2n) is 4.54. The Hall–Kier alpha value is -2.60. The van der Waals surface area contributed by atoms with Crippen LogP contribution in [0.3, 0.4) is 0 Å². The highest BCUT2D eigenvalue weighted by molar-refractivity contribution is 6.04. The summed E-state index contributed by atoms with van der Waals surface area (Å²) in [6.07, 6.45) is 4.23. The first-order chi connectivity index (χ1) is 9.39. The lowest BCUT2D eigenvalue weighted by atomic mass is 9.72. The van der Waals surface area contributed by atoms with Crippen molar-refractivity contribution >= 4 is 23.2 Å². The molecule has 6 heteroatoms. The van der Waals surface area contributed by atoms with Crippen LogP contribution < -0.4 is 11.5 Å². The smallest absolute Gasteiger partial charge is 0.329 e. The van der Waals surface area contributed by atoms with E-state index in [1.807, 2.05) is 0 Å². The fraction of sp³-hybridized carbons (Fsp3) is 0.143. The molecule has 1 aromatic rings. The van der Waals surface area contributed by atoms with Crippen molar-refractivity contribution in [2.24, 2.45) is 11.7 Å². The molecule has 1 aliphatic rings. The van der Waals surface area contributed by atoms with Crippen molar-refractivity contribution in [1.82, 2.24) is 0 Å². The quantitative estimate of drug-likeness (QED) is 0.601.